The van der Waals surface area contributed by atoms with Gasteiger partial charge in [-0.1, -0.05) is 45.7 Å². The number of hydrogen-bond acceptors (Lipinski definition) is 1. The van der Waals surface area contributed by atoms with Crippen molar-refractivity contribution in [2.75, 3.05) is 5.33 Å². The Labute approximate surface area is 95.9 Å². The number of hydrogen-bond donors (Lipinski definition) is 0. The predicted molar refractivity (Wildman–Crippen MR) is 60.5 cm³/mol. The van der Waals surface area contributed by atoms with Crippen LogP contribution in [0.3, 0.4) is 0 Å². The third-order valence-corrected chi connectivity index (χ3v) is 6.95. The molecular formula is C10H14Br2O. The van der Waals surface area contributed by atoms with Gasteiger partial charge >= 0.3 is 0 Å². The molecule has 1 nitrogen and oxygen atoms in total. The van der Waals surface area contributed by atoms with E-state index in [1.807, 2.05) is 0 Å². The van der Waals surface area contributed by atoms with Crippen LogP contribution in [0.15, 0.2) is 0 Å². The van der Waals surface area contributed by atoms with Crippen LogP contribution < -0.4 is 0 Å². The van der Waals surface area contributed by atoms with Gasteiger partial charge in [-0.2, -0.15) is 0 Å². The maximum Gasteiger partial charge on any atom is 0.140 e. The van der Waals surface area contributed by atoms with Crippen molar-refractivity contribution in [3.63, 3.8) is 0 Å². The minimum atomic E-state index is -0.138. The molecule has 2 fully saturated rings. The average Bonchev–Trinajstić information content (AvgIpc) is 2.38. The first-order chi connectivity index (χ1) is 5.96. The molecule has 0 aliphatic heterocycles. The van der Waals surface area contributed by atoms with E-state index >= 15 is 0 Å². The third-order valence-electron chi connectivity index (χ3n) is 4.49. The molecule has 0 spiro atoms. The van der Waals surface area contributed by atoms with Crippen molar-refractivity contribution in [3.8, 4) is 0 Å². The Bertz CT molecular complexity index is 266. The van der Waals surface area contributed by atoms with Crippen LogP contribution in [0.2, 0.25) is 0 Å². The molecule has 4 atom stereocenters. The summed E-state index contributed by atoms with van der Waals surface area (Å²) in [5.74, 6) is 1.03. The normalized spacial score (nSPS) is 54.6. The van der Waals surface area contributed by atoms with Gasteiger partial charge in [-0.25, -0.2) is 0 Å². The standard InChI is InChI=1S/C10H14Br2O/c1-9(5-11)6-3-7(12)10(9,2)8(13)4-6/h6-7H,3-5H2,1-2H3/t6-,7-,9-,10+/m0/s1. The van der Waals surface area contributed by atoms with Gasteiger partial charge in [-0.3, -0.25) is 4.79 Å². The lowest BCUT2D eigenvalue weighted by molar-refractivity contribution is -0.127. The van der Waals surface area contributed by atoms with Crippen molar-refractivity contribution in [2.24, 2.45) is 16.7 Å². The summed E-state index contributed by atoms with van der Waals surface area (Å²) < 4.78 is 0. The zero-order valence-corrected chi connectivity index (χ0v) is 11.1. The maximum atomic E-state index is 11.9. The molecule has 2 saturated carbocycles. The summed E-state index contributed by atoms with van der Waals surface area (Å²) in [4.78, 5) is 12.3. The van der Waals surface area contributed by atoms with Gasteiger partial charge in [0.25, 0.3) is 0 Å². The lowest BCUT2D eigenvalue weighted by Crippen LogP contribution is -2.41. The number of ketones is 1. The Kier molecular flexibility index (Phi) is 2.20. The van der Waals surface area contributed by atoms with Crippen molar-refractivity contribution in [2.45, 2.75) is 31.5 Å². The molecule has 0 radical (unpaired) electrons. The number of fused-ring (bicyclic) bond motifs is 2. The molecule has 2 bridgehead atoms. The van der Waals surface area contributed by atoms with Crippen LogP contribution in [-0.4, -0.2) is 15.9 Å². The van der Waals surface area contributed by atoms with Crippen LogP contribution >= 0.6 is 31.9 Å². The molecule has 0 aromatic rings. The molecule has 0 aromatic heterocycles. The van der Waals surface area contributed by atoms with Gasteiger partial charge < -0.3 is 0 Å². The lowest BCUT2D eigenvalue weighted by atomic mass is 9.70. The molecule has 13 heavy (non-hydrogen) atoms. The van der Waals surface area contributed by atoms with Gasteiger partial charge in [0.15, 0.2) is 0 Å². The second-order valence-electron chi connectivity index (χ2n) is 4.78. The molecule has 3 heteroatoms. The molecule has 0 amide bonds. The highest BCUT2D eigenvalue weighted by Gasteiger charge is 2.67. The Morgan fingerprint density at radius 2 is 2.15 bits per heavy atom. The van der Waals surface area contributed by atoms with Gasteiger partial charge in [-0.05, 0) is 17.8 Å². The van der Waals surface area contributed by atoms with Crippen molar-refractivity contribution in [3.05, 3.63) is 0 Å². The maximum absolute atomic E-state index is 11.9. The Morgan fingerprint density at radius 1 is 1.54 bits per heavy atom. The molecule has 0 saturated heterocycles. The van der Waals surface area contributed by atoms with E-state index < -0.39 is 0 Å². The second-order valence-corrected chi connectivity index (χ2v) is 6.45. The fraction of sp³-hybridized carbons (Fsp3) is 0.900. The van der Waals surface area contributed by atoms with Crippen LogP contribution in [-0.2, 0) is 4.79 Å². The smallest absolute Gasteiger partial charge is 0.140 e. The minimum absolute atomic E-state index is 0.138. The van der Waals surface area contributed by atoms with Crippen molar-refractivity contribution < 1.29 is 4.79 Å². The fourth-order valence-electron chi connectivity index (χ4n) is 3.01. The van der Waals surface area contributed by atoms with Gasteiger partial charge in [0.1, 0.15) is 5.78 Å². The van der Waals surface area contributed by atoms with E-state index in [9.17, 15) is 4.79 Å². The fourth-order valence-corrected chi connectivity index (χ4v) is 5.28. The summed E-state index contributed by atoms with van der Waals surface area (Å²) in [5.41, 5.74) is 0.0272. The van der Waals surface area contributed by atoms with E-state index in [0.29, 0.717) is 16.5 Å². The van der Waals surface area contributed by atoms with Crippen LogP contribution in [0.4, 0.5) is 0 Å². The molecule has 0 heterocycles. The molecule has 0 N–H and O–H groups in total. The summed E-state index contributed by atoms with van der Waals surface area (Å²) in [5, 5.41) is 0.939. The first kappa shape index (κ1) is 10.2. The van der Waals surface area contributed by atoms with E-state index in [2.05, 4.69) is 45.7 Å². The first-order valence-corrected chi connectivity index (χ1v) is 6.74. The summed E-state index contributed by atoms with van der Waals surface area (Å²) in [6.07, 6.45) is 1.95. The number of carbonyl (C=O) groups excluding carboxylic acids is 1. The average molecular weight is 310 g/mol. The van der Waals surface area contributed by atoms with Gasteiger partial charge in [0.05, 0.1) is 0 Å². The minimum Gasteiger partial charge on any atom is -0.299 e. The summed E-state index contributed by atoms with van der Waals surface area (Å²) in [6.45, 7) is 4.38. The van der Waals surface area contributed by atoms with Crippen molar-refractivity contribution >= 4 is 37.6 Å². The van der Waals surface area contributed by atoms with Gasteiger partial charge in [-0.15, -0.1) is 0 Å². The molecule has 74 valence electrons. The molecule has 0 unspecified atom stereocenters. The summed E-state index contributed by atoms with van der Waals surface area (Å²) in [7, 11) is 0. The highest BCUT2D eigenvalue weighted by molar-refractivity contribution is 9.09. The topological polar surface area (TPSA) is 17.1 Å². The SMILES string of the molecule is C[C@]1(CBr)[C@@H]2CC(=O)[C@@]1(C)[C@@H](Br)C2. The van der Waals surface area contributed by atoms with E-state index in [1.165, 1.54) is 0 Å². The van der Waals surface area contributed by atoms with E-state index in [0.717, 1.165) is 18.2 Å². The highest BCUT2D eigenvalue weighted by Crippen LogP contribution is 2.66. The largest absolute Gasteiger partial charge is 0.299 e. The van der Waals surface area contributed by atoms with E-state index in [1.54, 1.807) is 0 Å². The number of Topliss-reactive ketones (excluding diaryl/α,β-unsaturated/α-hetero) is 1. The van der Waals surface area contributed by atoms with Crippen molar-refractivity contribution in [1.82, 2.24) is 0 Å². The second kappa shape index (κ2) is 2.82. The zero-order chi connectivity index (χ0) is 9.85. The van der Waals surface area contributed by atoms with Gasteiger partial charge in [0.2, 0.25) is 0 Å². The quantitative estimate of drug-likeness (QED) is 0.680. The van der Waals surface area contributed by atoms with Crippen LogP contribution in [0, 0.1) is 16.7 Å². The lowest BCUT2D eigenvalue weighted by Gasteiger charge is -2.36. The molecule has 0 aromatic carbocycles. The van der Waals surface area contributed by atoms with E-state index in [4.69, 9.17) is 0 Å². The summed E-state index contributed by atoms with van der Waals surface area (Å²) >= 11 is 7.24. The predicted octanol–water partition coefficient (Wildman–Crippen LogP) is 3.15. The Morgan fingerprint density at radius 3 is 2.46 bits per heavy atom. The Balaban J connectivity index is 2.49. The first-order valence-electron chi connectivity index (χ1n) is 4.70. The van der Waals surface area contributed by atoms with Gasteiger partial charge in [0, 0.05) is 22.0 Å². The number of rotatable bonds is 1. The zero-order valence-electron chi connectivity index (χ0n) is 7.94. The van der Waals surface area contributed by atoms with Crippen LogP contribution in [0.1, 0.15) is 26.7 Å². The monoisotopic (exact) mass is 308 g/mol. The third kappa shape index (κ3) is 0.956. The van der Waals surface area contributed by atoms with Crippen LogP contribution in [0.5, 0.6) is 0 Å². The summed E-state index contributed by atoms with van der Waals surface area (Å²) in [6, 6.07) is 0. The van der Waals surface area contributed by atoms with Crippen LogP contribution in [0.25, 0.3) is 0 Å². The number of alkyl halides is 2. The molecular weight excluding hydrogens is 296 g/mol. The molecule has 2 rings (SSSR count). The Hall–Kier alpha value is 0.630. The molecule has 2 aliphatic carbocycles. The molecule has 2 aliphatic rings. The number of halogens is 2. The van der Waals surface area contributed by atoms with E-state index in [-0.39, 0.29) is 10.8 Å². The highest BCUT2D eigenvalue weighted by atomic mass is 79.9. The number of carbonyl (C=O) groups is 1. The van der Waals surface area contributed by atoms with Crippen molar-refractivity contribution in [1.29, 1.82) is 0 Å².